The molecule has 3 rings (SSSR count). The third kappa shape index (κ3) is 1.98. The van der Waals surface area contributed by atoms with Crippen molar-refractivity contribution in [2.24, 2.45) is 0 Å². The highest BCUT2D eigenvalue weighted by Gasteiger charge is 2.30. The van der Waals surface area contributed by atoms with Crippen molar-refractivity contribution in [1.82, 2.24) is 4.90 Å². The Bertz CT molecular complexity index is 438. The zero-order chi connectivity index (χ0) is 11.7. The highest BCUT2D eigenvalue weighted by molar-refractivity contribution is 5.71. The maximum atomic E-state index is 5.32. The van der Waals surface area contributed by atoms with Crippen LogP contribution in [0.4, 0.5) is 0 Å². The summed E-state index contributed by atoms with van der Waals surface area (Å²) >= 11 is 0. The summed E-state index contributed by atoms with van der Waals surface area (Å²) in [6, 6.07) is 9.11. The van der Waals surface area contributed by atoms with Crippen molar-refractivity contribution in [1.29, 1.82) is 0 Å². The standard InChI is InChI=1S/C15H19NO/c1-17-13-6-2-5-12(11-13)14-7-3-9-16-10-4-8-15(14)16/h2,5-7,11,15H,3-4,8-10H2,1H3/t15-/m0/s1. The van der Waals surface area contributed by atoms with E-state index in [-0.39, 0.29) is 0 Å². The van der Waals surface area contributed by atoms with Gasteiger partial charge in [0.15, 0.2) is 0 Å². The summed E-state index contributed by atoms with van der Waals surface area (Å²) in [5.41, 5.74) is 2.84. The molecule has 0 bridgehead atoms. The number of methoxy groups -OCH3 is 1. The first kappa shape index (κ1) is 10.8. The Labute approximate surface area is 103 Å². The van der Waals surface area contributed by atoms with Crippen LogP contribution in [0.2, 0.25) is 0 Å². The normalized spacial score (nSPS) is 24.3. The van der Waals surface area contributed by atoms with Crippen LogP contribution in [0.3, 0.4) is 0 Å². The molecule has 1 aromatic rings. The molecule has 2 heterocycles. The summed E-state index contributed by atoms with van der Waals surface area (Å²) in [7, 11) is 1.73. The molecule has 1 atom stereocenters. The molecule has 0 saturated carbocycles. The predicted molar refractivity (Wildman–Crippen MR) is 70.2 cm³/mol. The van der Waals surface area contributed by atoms with Gasteiger partial charge in [0.1, 0.15) is 5.75 Å². The van der Waals surface area contributed by atoms with Crippen LogP contribution >= 0.6 is 0 Å². The number of hydrogen-bond acceptors (Lipinski definition) is 2. The number of benzene rings is 1. The second-order valence-corrected chi connectivity index (χ2v) is 4.87. The van der Waals surface area contributed by atoms with Gasteiger partial charge in [-0.2, -0.15) is 0 Å². The highest BCUT2D eigenvalue weighted by atomic mass is 16.5. The summed E-state index contributed by atoms with van der Waals surface area (Å²) in [5, 5.41) is 0. The lowest BCUT2D eigenvalue weighted by atomic mass is 9.93. The monoisotopic (exact) mass is 229 g/mol. The van der Waals surface area contributed by atoms with Crippen LogP contribution in [-0.2, 0) is 0 Å². The van der Waals surface area contributed by atoms with Crippen LogP contribution in [-0.4, -0.2) is 31.1 Å². The van der Waals surface area contributed by atoms with Crippen molar-refractivity contribution in [3.05, 3.63) is 35.9 Å². The minimum Gasteiger partial charge on any atom is -0.497 e. The smallest absolute Gasteiger partial charge is 0.119 e. The first-order valence-electron chi connectivity index (χ1n) is 6.47. The van der Waals surface area contributed by atoms with Gasteiger partial charge in [-0.25, -0.2) is 0 Å². The lowest BCUT2D eigenvalue weighted by Gasteiger charge is -2.30. The highest BCUT2D eigenvalue weighted by Crippen LogP contribution is 2.34. The Morgan fingerprint density at radius 3 is 3.12 bits per heavy atom. The van der Waals surface area contributed by atoms with E-state index in [1.54, 1.807) is 7.11 Å². The zero-order valence-corrected chi connectivity index (χ0v) is 10.4. The van der Waals surface area contributed by atoms with Gasteiger partial charge in [0.05, 0.1) is 7.11 Å². The second kappa shape index (κ2) is 4.53. The Balaban J connectivity index is 1.94. The Kier molecular flexibility index (Phi) is 2.89. The fourth-order valence-corrected chi connectivity index (χ4v) is 3.08. The van der Waals surface area contributed by atoms with Crippen molar-refractivity contribution in [2.45, 2.75) is 25.3 Å². The molecular formula is C15H19NO. The van der Waals surface area contributed by atoms with Gasteiger partial charge in [-0.15, -0.1) is 0 Å². The van der Waals surface area contributed by atoms with Gasteiger partial charge in [0, 0.05) is 12.6 Å². The van der Waals surface area contributed by atoms with E-state index in [0.29, 0.717) is 6.04 Å². The minimum atomic E-state index is 0.649. The molecule has 0 amide bonds. The molecule has 17 heavy (non-hydrogen) atoms. The molecule has 0 radical (unpaired) electrons. The molecule has 2 nitrogen and oxygen atoms in total. The van der Waals surface area contributed by atoms with Crippen LogP contribution in [0.1, 0.15) is 24.8 Å². The SMILES string of the molecule is COc1cccc(C2=CCCN3CCC[C@@H]23)c1. The Morgan fingerprint density at radius 1 is 1.29 bits per heavy atom. The van der Waals surface area contributed by atoms with Crippen molar-refractivity contribution in [2.75, 3.05) is 20.2 Å². The van der Waals surface area contributed by atoms with Crippen LogP contribution in [0, 0.1) is 0 Å². The molecule has 1 saturated heterocycles. The molecule has 0 unspecified atom stereocenters. The maximum Gasteiger partial charge on any atom is 0.119 e. The molecule has 0 aliphatic carbocycles. The first-order chi connectivity index (χ1) is 8.38. The summed E-state index contributed by atoms with van der Waals surface area (Å²) in [5.74, 6) is 0.957. The van der Waals surface area contributed by atoms with Gasteiger partial charge in [-0.1, -0.05) is 18.2 Å². The lowest BCUT2D eigenvalue weighted by Crippen LogP contribution is -2.33. The topological polar surface area (TPSA) is 12.5 Å². The molecule has 2 aliphatic heterocycles. The van der Waals surface area contributed by atoms with E-state index in [1.807, 2.05) is 6.07 Å². The minimum absolute atomic E-state index is 0.649. The molecular weight excluding hydrogens is 210 g/mol. The lowest BCUT2D eigenvalue weighted by molar-refractivity contribution is 0.292. The van der Waals surface area contributed by atoms with Crippen LogP contribution in [0.25, 0.3) is 5.57 Å². The molecule has 2 aliphatic rings. The summed E-state index contributed by atoms with van der Waals surface area (Å²) in [6.45, 7) is 2.50. The molecule has 0 aromatic heterocycles. The first-order valence-corrected chi connectivity index (χ1v) is 6.47. The number of rotatable bonds is 2. The predicted octanol–water partition coefficient (Wildman–Crippen LogP) is 2.95. The number of ether oxygens (including phenoxy) is 1. The molecule has 0 N–H and O–H groups in total. The molecule has 90 valence electrons. The third-order valence-corrected chi connectivity index (χ3v) is 3.91. The van der Waals surface area contributed by atoms with E-state index < -0.39 is 0 Å². The van der Waals surface area contributed by atoms with Crippen molar-refractivity contribution in [3.63, 3.8) is 0 Å². The summed E-state index contributed by atoms with van der Waals surface area (Å²) in [6.07, 6.45) is 6.25. The molecule has 2 heteroatoms. The fraction of sp³-hybridized carbons (Fsp3) is 0.467. The fourth-order valence-electron chi connectivity index (χ4n) is 3.08. The second-order valence-electron chi connectivity index (χ2n) is 4.87. The van der Waals surface area contributed by atoms with E-state index in [4.69, 9.17) is 4.74 Å². The number of fused-ring (bicyclic) bond motifs is 1. The van der Waals surface area contributed by atoms with E-state index in [9.17, 15) is 0 Å². The molecule has 1 aromatic carbocycles. The van der Waals surface area contributed by atoms with E-state index in [1.165, 1.54) is 43.5 Å². The average Bonchev–Trinajstić information content (AvgIpc) is 2.87. The number of hydrogen-bond donors (Lipinski definition) is 0. The van der Waals surface area contributed by atoms with Crippen molar-refractivity contribution >= 4 is 5.57 Å². The third-order valence-electron chi connectivity index (χ3n) is 3.91. The van der Waals surface area contributed by atoms with E-state index in [2.05, 4.69) is 29.2 Å². The Morgan fingerprint density at radius 2 is 2.24 bits per heavy atom. The van der Waals surface area contributed by atoms with Gasteiger partial charge in [0.25, 0.3) is 0 Å². The Hall–Kier alpha value is -1.28. The van der Waals surface area contributed by atoms with Gasteiger partial charge in [-0.05, 0) is 49.1 Å². The van der Waals surface area contributed by atoms with Crippen LogP contribution in [0.5, 0.6) is 5.75 Å². The van der Waals surface area contributed by atoms with Gasteiger partial charge in [0.2, 0.25) is 0 Å². The number of nitrogens with zero attached hydrogens (tertiary/aromatic N) is 1. The maximum absolute atomic E-state index is 5.32. The van der Waals surface area contributed by atoms with Gasteiger partial charge < -0.3 is 4.74 Å². The van der Waals surface area contributed by atoms with Crippen LogP contribution in [0.15, 0.2) is 30.3 Å². The quantitative estimate of drug-likeness (QED) is 0.773. The zero-order valence-electron chi connectivity index (χ0n) is 10.4. The van der Waals surface area contributed by atoms with Crippen LogP contribution < -0.4 is 4.74 Å². The van der Waals surface area contributed by atoms with Gasteiger partial charge in [-0.3, -0.25) is 4.90 Å². The average molecular weight is 229 g/mol. The van der Waals surface area contributed by atoms with Crippen molar-refractivity contribution in [3.8, 4) is 5.75 Å². The van der Waals surface area contributed by atoms with E-state index in [0.717, 1.165) is 5.75 Å². The molecule has 1 fully saturated rings. The van der Waals surface area contributed by atoms with E-state index >= 15 is 0 Å². The van der Waals surface area contributed by atoms with Crippen molar-refractivity contribution < 1.29 is 4.74 Å². The summed E-state index contributed by atoms with van der Waals surface area (Å²) in [4.78, 5) is 2.62. The molecule has 0 spiro atoms. The van der Waals surface area contributed by atoms with Gasteiger partial charge >= 0.3 is 0 Å². The largest absolute Gasteiger partial charge is 0.497 e. The summed E-state index contributed by atoms with van der Waals surface area (Å²) < 4.78 is 5.32.